The van der Waals surface area contributed by atoms with E-state index in [1.807, 2.05) is 41.3 Å². The van der Waals surface area contributed by atoms with Crippen LogP contribution in [0.5, 0.6) is 0 Å². The molecule has 2 unspecified atom stereocenters. The van der Waals surface area contributed by atoms with E-state index in [1.165, 1.54) is 5.56 Å². The molecular weight excluding hydrogens is 350 g/mol. The maximum Gasteiger partial charge on any atom is 0.226 e. The second-order valence-corrected chi connectivity index (χ2v) is 7.74. The molecule has 5 nitrogen and oxygen atoms in total. The van der Waals surface area contributed by atoms with Crippen LogP contribution in [0.25, 0.3) is 0 Å². The number of hydrogen-bond donors (Lipinski definition) is 1. The molecule has 2 amide bonds. The van der Waals surface area contributed by atoms with Crippen LogP contribution in [0.4, 0.5) is 0 Å². The van der Waals surface area contributed by atoms with Gasteiger partial charge in [-0.15, -0.1) is 0 Å². The Morgan fingerprint density at radius 3 is 2.07 bits per heavy atom. The van der Waals surface area contributed by atoms with E-state index in [9.17, 15) is 9.59 Å². The van der Waals surface area contributed by atoms with Gasteiger partial charge in [-0.1, -0.05) is 60.7 Å². The molecule has 2 aliphatic rings. The minimum Gasteiger partial charge on any atom is -0.352 e. The van der Waals surface area contributed by atoms with Crippen LogP contribution in [0, 0.1) is 11.8 Å². The molecule has 2 aromatic carbocycles. The summed E-state index contributed by atoms with van der Waals surface area (Å²) in [4.78, 5) is 29.4. The average Bonchev–Trinajstić information content (AvgIpc) is 3.55. The van der Waals surface area contributed by atoms with Crippen molar-refractivity contribution >= 4 is 11.8 Å². The summed E-state index contributed by atoms with van der Waals surface area (Å²) in [6, 6.07) is 20.3. The monoisotopic (exact) mass is 377 g/mol. The Balaban J connectivity index is 1.20. The molecule has 2 atom stereocenters. The molecule has 1 saturated carbocycles. The van der Waals surface area contributed by atoms with Gasteiger partial charge in [0.2, 0.25) is 11.8 Å². The number of carbonyl (C=O) groups excluding carboxylic acids is 2. The fourth-order valence-corrected chi connectivity index (χ4v) is 3.88. The first-order valence-corrected chi connectivity index (χ1v) is 10.1. The van der Waals surface area contributed by atoms with Crippen LogP contribution in [0.3, 0.4) is 0 Å². The first-order chi connectivity index (χ1) is 13.7. The first-order valence-electron chi connectivity index (χ1n) is 10.1. The molecule has 1 aliphatic heterocycles. The molecule has 0 spiro atoms. The number of hydrogen-bond acceptors (Lipinski definition) is 3. The van der Waals surface area contributed by atoms with Crippen LogP contribution in [0.2, 0.25) is 0 Å². The minimum absolute atomic E-state index is 0.00455. The van der Waals surface area contributed by atoms with E-state index >= 15 is 0 Å². The highest BCUT2D eigenvalue weighted by molar-refractivity contribution is 5.92. The zero-order valence-corrected chi connectivity index (χ0v) is 16.1. The van der Waals surface area contributed by atoms with E-state index in [-0.39, 0.29) is 23.7 Å². The third-order valence-electron chi connectivity index (χ3n) is 5.69. The number of amides is 2. The maximum atomic E-state index is 12.7. The highest BCUT2D eigenvalue weighted by atomic mass is 16.2. The van der Waals surface area contributed by atoms with Crippen LogP contribution < -0.4 is 5.32 Å². The molecular formula is C23H27N3O2. The number of rotatable bonds is 6. The van der Waals surface area contributed by atoms with Gasteiger partial charge in [0.15, 0.2) is 0 Å². The molecule has 1 heterocycles. The lowest BCUT2D eigenvalue weighted by atomic mass is 10.2. The van der Waals surface area contributed by atoms with E-state index in [4.69, 9.17) is 0 Å². The van der Waals surface area contributed by atoms with Crippen molar-refractivity contribution in [3.8, 4) is 0 Å². The second kappa shape index (κ2) is 8.57. The summed E-state index contributed by atoms with van der Waals surface area (Å²) >= 11 is 0. The van der Waals surface area contributed by atoms with Crippen LogP contribution in [-0.4, -0.2) is 47.8 Å². The Morgan fingerprint density at radius 2 is 1.43 bits per heavy atom. The van der Waals surface area contributed by atoms with Gasteiger partial charge in [-0.05, 0) is 17.5 Å². The zero-order chi connectivity index (χ0) is 19.3. The molecule has 28 heavy (non-hydrogen) atoms. The number of benzene rings is 2. The molecule has 0 bridgehead atoms. The summed E-state index contributed by atoms with van der Waals surface area (Å²) in [6.45, 7) is 4.73. The fourth-order valence-electron chi connectivity index (χ4n) is 3.88. The predicted molar refractivity (Wildman–Crippen MR) is 108 cm³/mol. The van der Waals surface area contributed by atoms with Crippen molar-refractivity contribution in [3.05, 3.63) is 71.8 Å². The summed E-state index contributed by atoms with van der Waals surface area (Å²) in [6.07, 6.45) is 0.684. The van der Waals surface area contributed by atoms with Crippen molar-refractivity contribution in [3.63, 3.8) is 0 Å². The summed E-state index contributed by atoms with van der Waals surface area (Å²) in [7, 11) is 0. The van der Waals surface area contributed by atoms with Crippen LogP contribution in [-0.2, 0) is 22.7 Å². The van der Waals surface area contributed by atoms with E-state index in [1.54, 1.807) is 0 Å². The van der Waals surface area contributed by atoms with E-state index in [0.717, 1.165) is 38.3 Å². The summed E-state index contributed by atoms with van der Waals surface area (Å²) in [5, 5.41) is 2.97. The first kappa shape index (κ1) is 18.7. The Morgan fingerprint density at radius 1 is 0.821 bits per heavy atom. The Hall–Kier alpha value is -2.66. The zero-order valence-electron chi connectivity index (χ0n) is 16.1. The quantitative estimate of drug-likeness (QED) is 0.840. The molecule has 0 aromatic heterocycles. The van der Waals surface area contributed by atoms with Gasteiger partial charge in [0.05, 0.1) is 11.8 Å². The predicted octanol–water partition coefficient (Wildman–Crippen LogP) is 2.28. The Bertz CT molecular complexity index is 801. The number of carbonyl (C=O) groups is 2. The third-order valence-corrected chi connectivity index (χ3v) is 5.69. The van der Waals surface area contributed by atoms with Gasteiger partial charge >= 0.3 is 0 Å². The van der Waals surface area contributed by atoms with Crippen molar-refractivity contribution < 1.29 is 9.59 Å². The minimum atomic E-state index is -0.154. The third kappa shape index (κ3) is 4.60. The van der Waals surface area contributed by atoms with Crippen molar-refractivity contribution in [1.82, 2.24) is 15.1 Å². The van der Waals surface area contributed by atoms with Crippen molar-refractivity contribution in [2.75, 3.05) is 26.2 Å². The standard InChI is InChI=1S/C23H27N3O2/c27-22(24-16-18-7-3-1-4-8-18)20-15-21(20)23(28)26-13-11-25(12-14-26)17-19-9-5-2-6-10-19/h1-10,20-21H,11-17H2,(H,24,27). The normalized spacial score (nSPS) is 21.9. The van der Waals surface area contributed by atoms with Gasteiger partial charge in [0.1, 0.15) is 0 Å². The molecule has 0 radical (unpaired) electrons. The van der Waals surface area contributed by atoms with Crippen molar-refractivity contribution in [2.24, 2.45) is 11.8 Å². The second-order valence-electron chi connectivity index (χ2n) is 7.74. The van der Waals surface area contributed by atoms with Gasteiger partial charge in [0.25, 0.3) is 0 Å². The van der Waals surface area contributed by atoms with Gasteiger partial charge in [-0.3, -0.25) is 14.5 Å². The summed E-state index contributed by atoms with van der Waals surface area (Å²) in [5.41, 5.74) is 2.38. The van der Waals surface area contributed by atoms with Crippen LogP contribution >= 0.6 is 0 Å². The van der Waals surface area contributed by atoms with Gasteiger partial charge in [-0.25, -0.2) is 0 Å². The van der Waals surface area contributed by atoms with Gasteiger partial charge in [0, 0.05) is 39.3 Å². The van der Waals surface area contributed by atoms with E-state index < -0.39 is 0 Å². The van der Waals surface area contributed by atoms with Gasteiger partial charge in [-0.2, -0.15) is 0 Å². The molecule has 4 rings (SSSR count). The fraction of sp³-hybridized carbons (Fsp3) is 0.391. The molecule has 2 aromatic rings. The van der Waals surface area contributed by atoms with E-state index in [2.05, 4.69) is 34.5 Å². The lowest BCUT2D eigenvalue weighted by Crippen LogP contribution is -2.49. The Labute approximate surface area is 166 Å². The van der Waals surface area contributed by atoms with Crippen LogP contribution in [0.1, 0.15) is 17.5 Å². The van der Waals surface area contributed by atoms with E-state index in [0.29, 0.717) is 13.0 Å². The topological polar surface area (TPSA) is 52.7 Å². The van der Waals surface area contributed by atoms with Crippen LogP contribution in [0.15, 0.2) is 60.7 Å². The molecule has 1 saturated heterocycles. The average molecular weight is 377 g/mol. The number of nitrogens with zero attached hydrogens (tertiary/aromatic N) is 2. The van der Waals surface area contributed by atoms with Gasteiger partial charge < -0.3 is 10.2 Å². The summed E-state index contributed by atoms with van der Waals surface area (Å²) < 4.78 is 0. The molecule has 2 fully saturated rings. The molecule has 5 heteroatoms. The molecule has 1 N–H and O–H groups in total. The van der Waals surface area contributed by atoms with Crippen molar-refractivity contribution in [1.29, 1.82) is 0 Å². The molecule has 146 valence electrons. The lowest BCUT2D eigenvalue weighted by Gasteiger charge is -2.35. The molecule has 1 aliphatic carbocycles. The SMILES string of the molecule is O=C(NCc1ccccc1)C1CC1C(=O)N1CCN(Cc2ccccc2)CC1. The summed E-state index contributed by atoms with van der Waals surface area (Å²) in [5.74, 6) is -0.126. The largest absolute Gasteiger partial charge is 0.352 e. The number of nitrogens with one attached hydrogen (secondary N) is 1. The Kier molecular flexibility index (Phi) is 5.72. The highest BCUT2D eigenvalue weighted by Crippen LogP contribution is 2.40. The highest BCUT2D eigenvalue weighted by Gasteiger charge is 2.49. The van der Waals surface area contributed by atoms with Crippen molar-refractivity contribution in [2.45, 2.75) is 19.5 Å². The number of piperazine rings is 1. The lowest BCUT2D eigenvalue weighted by molar-refractivity contribution is -0.136. The smallest absolute Gasteiger partial charge is 0.226 e. The maximum absolute atomic E-state index is 12.7.